The van der Waals surface area contributed by atoms with Crippen molar-refractivity contribution in [3.8, 4) is 16.9 Å². The van der Waals surface area contributed by atoms with Gasteiger partial charge in [0.25, 0.3) is 5.91 Å². The SMILES string of the molecule is NS(=O)(=O)c1ccc(NC(=O)c2ccc(-c3ccccc3C(F)(F)F)cc2)cc1O. The molecule has 3 rings (SSSR count). The van der Waals surface area contributed by atoms with E-state index >= 15 is 0 Å². The Kier molecular flexibility index (Phi) is 5.55. The second kappa shape index (κ2) is 7.81. The number of carbonyl (C=O) groups is 1. The zero-order valence-electron chi connectivity index (χ0n) is 15.1. The summed E-state index contributed by atoms with van der Waals surface area (Å²) in [5.41, 5.74) is -0.252. The maximum absolute atomic E-state index is 13.2. The fraction of sp³-hybridized carbons (Fsp3) is 0.0500. The summed E-state index contributed by atoms with van der Waals surface area (Å²) in [6.07, 6.45) is -4.52. The Morgan fingerprint density at radius 2 is 1.60 bits per heavy atom. The zero-order chi connectivity index (χ0) is 22.1. The van der Waals surface area contributed by atoms with Crippen LogP contribution in [-0.2, 0) is 16.2 Å². The predicted molar refractivity (Wildman–Crippen MR) is 104 cm³/mol. The van der Waals surface area contributed by atoms with Gasteiger partial charge in [-0.2, -0.15) is 13.2 Å². The number of alkyl halides is 3. The van der Waals surface area contributed by atoms with Crippen LogP contribution in [0.1, 0.15) is 15.9 Å². The Balaban J connectivity index is 1.83. The molecule has 3 aromatic rings. The number of sulfonamides is 1. The third kappa shape index (κ3) is 4.61. The summed E-state index contributed by atoms with van der Waals surface area (Å²) >= 11 is 0. The minimum absolute atomic E-state index is 0.0135. The minimum Gasteiger partial charge on any atom is -0.506 e. The van der Waals surface area contributed by atoms with Gasteiger partial charge in [0.1, 0.15) is 10.6 Å². The summed E-state index contributed by atoms with van der Waals surface area (Å²) < 4.78 is 62.2. The molecule has 0 aromatic heterocycles. The Labute approximate surface area is 169 Å². The van der Waals surface area contributed by atoms with Crippen LogP contribution in [0.3, 0.4) is 0 Å². The first-order valence-corrected chi connectivity index (χ1v) is 9.95. The van der Waals surface area contributed by atoms with Gasteiger partial charge in [-0.05, 0) is 41.5 Å². The quantitative estimate of drug-likeness (QED) is 0.575. The van der Waals surface area contributed by atoms with Gasteiger partial charge in [-0.25, -0.2) is 13.6 Å². The molecule has 0 atom stereocenters. The van der Waals surface area contributed by atoms with Crippen LogP contribution in [0.25, 0.3) is 11.1 Å². The van der Waals surface area contributed by atoms with Gasteiger partial charge >= 0.3 is 6.18 Å². The number of nitrogens with one attached hydrogen (secondary N) is 1. The number of hydrogen-bond donors (Lipinski definition) is 3. The van der Waals surface area contributed by atoms with Gasteiger partial charge in [0.15, 0.2) is 0 Å². The average Bonchev–Trinajstić information content (AvgIpc) is 2.66. The second-order valence-electron chi connectivity index (χ2n) is 6.30. The van der Waals surface area contributed by atoms with Crippen LogP contribution in [0.4, 0.5) is 18.9 Å². The number of benzene rings is 3. The van der Waals surface area contributed by atoms with E-state index in [4.69, 9.17) is 5.14 Å². The minimum atomic E-state index is -4.52. The molecular weight excluding hydrogens is 421 g/mol. The van der Waals surface area contributed by atoms with Gasteiger partial charge in [-0.1, -0.05) is 30.3 Å². The lowest BCUT2D eigenvalue weighted by Gasteiger charge is -2.13. The monoisotopic (exact) mass is 436 g/mol. The van der Waals surface area contributed by atoms with E-state index in [2.05, 4.69) is 5.32 Å². The van der Waals surface area contributed by atoms with Gasteiger partial charge in [0, 0.05) is 17.3 Å². The third-order valence-corrected chi connectivity index (χ3v) is 5.17. The lowest BCUT2D eigenvalue weighted by molar-refractivity contribution is -0.137. The molecule has 0 aliphatic carbocycles. The van der Waals surface area contributed by atoms with Crippen LogP contribution in [-0.4, -0.2) is 19.4 Å². The summed E-state index contributed by atoms with van der Waals surface area (Å²) in [6, 6.07) is 13.9. The molecule has 3 aromatic carbocycles. The maximum atomic E-state index is 13.2. The third-order valence-electron chi connectivity index (χ3n) is 4.21. The van der Waals surface area contributed by atoms with E-state index in [0.29, 0.717) is 0 Å². The highest BCUT2D eigenvalue weighted by Crippen LogP contribution is 2.37. The standard InChI is InChI=1S/C20H15F3N2O4S/c21-20(22,23)16-4-2-1-3-15(16)12-5-7-13(8-6-12)19(27)25-14-9-10-18(17(26)11-14)30(24,28)29/h1-11,26H,(H,25,27)(H2,24,28,29). The van der Waals surface area contributed by atoms with Crippen molar-refractivity contribution < 1.29 is 31.5 Å². The zero-order valence-corrected chi connectivity index (χ0v) is 16.0. The Morgan fingerprint density at radius 3 is 2.17 bits per heavy atom. The van der Waals surface area contributed by atoms with Gasteiger partial charge < -0.3 is 10.4 Å². The largest absolute Gasteiger partial charge is 0.506 e. The van der Waals surface area contributed by atoms with Gasteiger partial charge in [-0.3, -0.25) is 4.79 Å². The molecule has 30 heavy (non-hydrogen) atoms. The van der Waals surface area contributed by atoms with Gasteiger partial charge in [0.2, 0.25) is 10.0 Å². The number of rotatable bonds is 4. The number of aromatic hydroxyl groups is 1. The van der Waals surface area contributed by atoms with Crippen LogP contribution in [0.2, 0.25) is 0 Å². The molecule has 0 heterocycles. The lowest BCUT2D eigenvalue weighted by Crippen LogP contribution is -2.14. The van der Waals surface area contributed by atoms with Crippen molar-refractivity contribution in [2.24, 2.45) is 5.14 Å². The molecule has 0 spiro atoms. The van der Waals surface area contributed by atoms with Crippen molar-refractivity contribution in [2.75, 3.05) is 5.32 Å². The van der Waals surface area contributed by atoms with Gasteiger partial charge in [0.05, 0.1) is 5.56 Å². The molecule has 0 radical (unpaired) electrons. The van der Waals surface area contributed by atoms with Crippen molar-refractivity contribution in [1.29, 1.82) is 0 Å². The van der Waals surface area contributed by atoms with Crippen molar-refractivity contribution in [1.82, 2.24) is 0 Å². The fourth-order valence-corrected chi connectivity index (χ4v) is 3.43. The highest BCUT2D eigenvalue weighted by Gasteiger charge is 2.33. The number of amides is 1. The van der Waals surface area contributed by atoms with Gasteiger partial charge in [-0.15, -0.1) is 0 Å². The highest BCUT2D eigenvalue weighted by molar-refractivity contribution is 7.89. The van der Waals surface area contributed by atoms with E-state index in [9.17, 15) is 31.5 Å². The Hall–Kier alpha value is -3.37. The Bertz CT molecular complexity index is 1210. The van der Waals surface area contributed by atoms with Crippen molar-refractivity contribution in [3.05, 3.63) is 77.9 Å². The number of hydrogen-bond acceptors (Lipinski definition) is 4. The van der Waals surface area contributed by atoms with Crippen LogP contribution in [0, 0.1) is 0 Å². The van der Waals surface area contributed by atoms with Crippen LogP contribution >= 0.6 is 0 Å². The Morgan fingerprint density at radius 1 is 0.967 bits per heavy atom. The van der Waals surface area contributed by atoms with E-state index < -0.39 is 38.3 Å². The van der Waals surface area contributed by atoms with E-state index in [1.165, 1.54) is 48.5 Å². The number of carbonyl (C=O) groups excluding carboxylic acids is 1. The number of phenols is 1. The molecule has 1 amide bonds. The lowest BCUT2D eigenvalue weighted by atomic mass is 9.98. The maximum Gasteiger partial charge on any atom is 0.417 e. The molecule has 4 N–H and O–H groups in total. The number of halogens is 3. The molecule has 156 valence electrons. The number of anilines is 1. The number of nitrogens with two attached hydrogens (primary N) is 1. The predicted octanol–water partition coefficient (Wildman–Crippen LogP) is 3.98. The molecule has 0 fully saturated rings. The summed E-state index contributed by atoms with van der Waals surface area (Å²) in [5.74, 6) is -1.23. The average molecular weight is 436 g/mol. The first kappa shape index (κ1) is 21.3. The number of primary sulfonamides is 1. The smallest absolute Gasteiger partial charge is 0.417 e. The summed E-state index contributed by atoms with van der Waals surface area (Å²) in [5, 5.41) is 17.2. The second-order valence-corrected chi connectivity index (χ2v) is 7.83. The molecule has 0 unspecified atom stereocenters. The van der Waals surface area contributed by atoms with E-state index in [-0.39, 0.29) is 22.4 Å². The summed E-state index contributed by atoms with van der Waals surface area (Å²) in [4.78, 5) is 11.9. The summed E-state index contributed by atoms with van der Waals surface area (Å²) in [7, 11) is -4.12. The topological polar surface area (TPSA) is 109 Å². The molecule has 0 saturated carbocycles. The molecule has 0 aliphatic heterocycles. The highest BCUT2D eigenvalue weighted by atomic mass is 32.2. The van der Waals surface area contributed by atoms with E-state index in [1.54, 1.807) is 0 Å². The fourth-order valence-electron chi connectivity index (χ4n) is 2.82. The van der Waals surface area contributed by atoms with Crippen LogP contribution in [0.5, 0.6) is 5.75 Å². The first-order chi connectivity index (χ1) is 14.0. The van der Waals surface area contributed by atoms with E-state index in [1.807, 2.05) is 0 Å². The molecule has 0 aliphatic rings. The molecule has 6 nitrogen and oxygen atoms in total. The van der Waals surface area contributed by atoms with Crippen LogP contribution < -0.4 is 10.5 Å². The van der Waals surface area contributed by atoms with Crippen molar-refractivity contribution >= 4 is 21.6 Å². The van der Waals surface area contributed by atoms with Crippen molar-refractivity contribution in [3.63, 3.8) is 0 Å². The molecular formula is C20H15F3N2O4S. The normalized spacial score (nSPS) is 11.9. The molecule has 0 bridgehead atoms. The molecule has 10 heteroatoms. The van der Waals surface area contributed by atoms with Crippen LogP contribution in [0.15, 0.2) is 71.6 Å². The van der Waals surface area contributed by atoms with Crippen molar-refractivity contribution in [2.45, 2.75) is 11.1 Å². The van der Waals surface area contributed by atoms with E-state index in [0.717, 1.165) is 18.2 Å². The number of phenolic OH excluding ortho intramolecular Hbond substituents is 1. The molecule has 0 saturated heterocycles. The summed E-state index contributed by atoms with van der Waals surface area (Å²) in [6.45, 7) is 0. The first-order valence-electron chi connectivity index (χ1n) is 8.40.